The third-order valence-corrected chi connectivity index (χ3v) is 9.01. The molecule has 2 saturated heterocycles. The van der Waals surface area contributed by atoms with Crippen molar-refractivity contribution in [3.63, 3.8) is 0 Å². The van der Waals surface area contributed by atoms with Crippen LogP contribution in [-0.4, -0.2) is 65.2 Å². The van der Waals surface area contributed by atoms with Crippen molar-refractivity contribution in [3.05, 3.63) is 98.8 Å². The maximum atomic E-state index is 15.4. The van der Waals surface area contributed by atoms with E-state index in [0.29, 0.717) is 35.5 Å². The number of alkyl halides is 1. The van der Waals surface area contributed by atoms with E-state index in [2.05, 4.69) is 24.0 Å². The number of ether oxygens (including phenoxy) is 1. The summed E-state index contributed by atoms with van der Waals surface area (Å²) in [7, 11) is 0. The van der Waals surface area contributed by atoms with Crippen molar-refractivity contribution in [1.29, 1.82) is 0 Å². The Labute approximate surface area is 259 Å². The van der Waals surface area contributed by atoms with Crippen molar-refractivity contribution >= 4 is 35.1 Å². The van der Waals surface area contributed by atoms with E-state index >= 15 is 4.39 Å². The van der Waals surface area contributed by atoms with Crippen LogP contribution in [-0.2, 0) is 4.79 Å². The lowest BCUT2D eigenvalue weighted by Crippen LogP contribution is -2.58. The summed E-state index contributed by atoms with van der Waals surface area (Å²) in [5.41, 5.74) is 2.36. The maximum Gasteiger partial charge on any atom is 0.326 e. The number of rotatable bonds is 9. The van der Waals surface area contributed by atoms with Gasteiger partial charge in [0.25, 0.3) is 5.91 Å². The first-order chi connectivity index (χ1) is 20.5. The largest absolute Gasteiger partial charge is 0.493 e. The number of hydrogen-bond acceptors (Lipinski definition) is 4. The zero-order valence-corrected chi connectivity index (χ0v) is 25.1. The maximum absolute atomic E-state index is 15.4. The molecule has 0 bridgehead atoms. The summed E-state index contributed by atoms with van der Waals surface area (Å²) in [6.07, 6.45) is 0.00850. The monoisotopic (exact) mass is 628 g/mol. The molecule has 2 aliphatic heterocycles. The second kappa shape index (κ2) is 11.7. The zero-order chi connectivity index (χ0) is 30.5. The predicted octanol–water partition coefficient (Wildman–Crippen LogP) is 7.14. The van der Waals surface area contributed by atoms with E-state index in [-0.39, 0.29) is 35.9 Å². The second-order valence-electron chi connectivity index (χ2n) is 12.3. The molecule has 0 radical (unpaired) electrons. The fourth-order valence-electron chi connectivity index (χ4n) is 6.41. The van der Waals surface area contributed by atoms with Crippen LogP contribution in [0.3, 0.4) is 0 Å². The molecule has 0 aromatic heterocycles. The van der Waals surface area contributed by atoms with Crippen LogP contribution < -0.4 is 4.74 Å². The van der Waals surface area contributed by atoms with Crippen LogP contribution in [0.5, 0.6) is 5.75 Å². The molecule has 226 valence electrons. The molecule has 3 atom stereocenters. The number of carbonyl (C=O) groups excluding carboxylic acids is 1. The van der Waals surface area contributed by atoms with E-state index in [9.17, 15) is 19.1 Å². The van der Waals surface area contributed by atoms with E-state index in [1.54, 1.807) is 6.07 Å². The molecule has 10 heteroatoms. The number of carboxylic acid groups (broad SMARTS) is 1. The van der Waals surface area contributed by atoms with Gasteiger partial charge in [0, 0.05) is 41.0 Å². The summed E-state index contributed by atoms with van der Waals surface area (Å²) < 4.78 is 35.6. The molecule has 3 aliphatic rings. The SMILES string of the molecule is CC1(COc2cc(F)c(C(=O)N3C[C@H](F)C[C@H]3C(=O)O)cc2C2CC2)CN(C(c2ccccc2)c2cc(Cl)cc(Cl)c2)C1. The van der Waals surface area contributed by atoms with E-state index < -0.39 is 29.9 Å². The van der Waals surface area contributed by atoms with Gasteiger partial charge >= 0.3 is 5.97 Å². The minimum atomic E-state index is -1.46. The highest BCUT2D eigenvalue weighted by Crippen LogP contribution is 2.47. The molecule has 6 nitrogen and oxygen atoms in total. The molecule has 1 N–H and O–H groups in total. The molecule has 2 heterocycles. The summed E-state index contributed by atoms with van der Waals surface area (Å²) >= 11 is 12.7. The second-order valence-corrected chi connectivity index (χ2v) is 13.2. The molecule has 1 aliphatic carbocycles. The smallest absolute Gasteiger partial charge is 0.326 e. The van der Waals surface area contributed by atoms with E-state index in [4.69, 9.17) is 27.9 Å². The van der Waals surface area contributed by atoms with Crippen molar-refractivity contribution in [2.24, 2.45) is 5.41 Å². The van der Waals surface area contributed by atoms with E-state index in [1.165, 1.54) is 12.1 Å². The molecule has 1 unspecified atom stereocenters. The molecule has 3 aromatic rings. The molecule has 43 heavy (non-hydrogen) atoms. The normalized spacial score (nSPS) is 22.2. The van der Waals surface area contributed by atoms with Gasteiger partial charge in [0.2, 0.25) is 0 Å². The number of carbonyl (C=O) groups is 2. The van der Waals surface area contributed by atoms with Crippen LogP contribution in [0.25, 0.3) is 0 Å². The van der Waals surface area contributed by atoms with Gasteiger partial charge < -0.3 is 14.7 Å². The number of halogens is 4. The highest BCUT2D eigenvalue weighted by Gasteiger charge is 2.45. The Morgan fingerprint density at radius 1 is 1.05 bits per heavy atom. The van der Waals surface area contributed by atoms with Crippen LogP contribution in [0.4, 0.5) is 8.78 Å². The van der Waals surface area contributed by atoms with Crippen LogP contribution in [0, 0.1) is 11.2 Å². The Balaban J connectivity index is 1.19. The van der Waals surface area contributed by atoms with Crippen LogP contribution in [0.1, 0.15) is 65.2 Å². The molecule has 6 rings (SSSR count). The Hall–Kier alpha value is -3.20. The van der Waals surface area contributed by atoms with Crippen LogP contribution in [0.2, 0.25) is 10.0 Å². The Bertz CT molecular complexity index is 1530. The summed E-state index contributed by atoms with van der Waals surface area (Å²) in [5, 5.41) is 10.6. The molecule has 1 amide bonds. The van der Waals surface area contributed by atoms with Gasteiger partial charge in [0.1, 0.15) is 23.8 Å². The number of hydrogen-bond donors (Lipinski definition) is 1. The Morgan fingerprint density at radius 2 is 1.72 bits per heavy atom. The van der Waals surface area contributed by atoms with Gasteiger partial charge in [-0.15, -0.1) is 0 Å². The number of aliphatic carboxylic acids is 1. The van der Waals surface area contributed by atoms with Gasteiger partial charge in [0.05, 0.1) is 24.8 Å². The lowest BCUT2D eigenvalue weighted by atomic mass is 9.79. The van der Waals surface area contributed by atoms with Crippen molar-refractivity contribution in [2.45, 2.75) is 50.4 Å². The number of amides is 1. The first-order valence-electron chi connectivity index (χ1n) is 14.4. The van der Waals surface area contributed by atoms with Crippen LogP contribution >= 0.6 is 23.2 Å². The lowest BCUT2D eigenvalue weighted by Gasteiger charge is -2.51. The number of carboxylic acids is 1. The van der Waals surface area contributed by atoms with Gasteiger partial charge in [-0.05, 0) is 59.7 Å². The fourth-order valence-corrected chi connectivity index (χ4v) is 6.96. The first kappa shape index (κ1) is 29.9. The highest BCUT2D eigenvalue weighted by molar-refractivity contribution is 6.34. The van der Waals surface area contributed by atoms with Gasteiger partial charge in [0.15, 0.2) is 0 Å². The van der Waals surface area contributed by atoms with Crippen LogP contribution in [0.15, 0.2) is 60.7 Å². The minimum absolute atomic E-state index is 0.0561. The molecule has 3 aromatic carbocycles. The molecule has 0 spiro atoms. The quantitative estimate of drug-likeness (QED) is 0.273. The van der Waals surface area contributed by atoms with Crippen molar-refractivity contribution < 1.29 is 28.2 Å². The van der Waals surface area contributed by atoms with Gasteiger partial charge in [-0.25, -0.2) is 13.6 Å². The summed E-state index contributed by atoms with van der Waals surface area (Å²) in [4.78, 5) is 28.0. The van der Waals surface area contributed by atoms with Crippen molar-refractivity contribution in [3.8, 4) is 5.75 Å². The Kier molecular flexibility index (Phi) is 8.13. The lowest BCUT2D eigenvalue weighted by molar-refractivity contribution is -0.141. The molecular formula is C33H32Cl2F2N2O4. The zero-order valence-electron chi connectivity index (χ0n) is 23.6. The average molecular weight is 630 g/mol. The topological polar surface area (TPSA) is 70.1 Å². The van der Waals surface area contributed by atoms with E-state index in [1.807, 2.05) is 30.3 Å². The third kappa shape index (κ3) is 6.24. The Morgan fingerprint density at radius 3 is 2.35 bits per heavy atom. The summed E-state index contributed by atoms with van der Waals surface area (Å²) in [6, 6.07) is 17.0. The number of likely N-dealkylation sites (tertiary alicyclic amines) is 2. The van der Waals surface area contributed by atoms with E-state index in [0.717, 1.165) is 34.4 Å². The highest BCUT2D eigenvalue weighted by atomic mass is 35.5. The molecular weight excluding hydrogens is 597 g/mol. The van der Waals surface area contributed by atoms with Crippen molar-refractivity contribution in [2.75, 3.05) is 26.2 Å². The average Bonchev–Trinajstić information content (AvgIpc) is 3.71. The third-order valence-electron chi connectivity index (χ3n) is 8.57. The van der Waals surface area contributed by atoms with Gasteiger partial charge in [-0.3, -0.25) is 9.69 Å². The fraction of sp³-hybridized carbons (Fsp3) is 0.394. The van der Waals surface area contributed by atoms with Gasteiger partial charge in [-0.2, -0.15) is 0 Å². The molecule has 1 saturated carbocycles. The summed E-state index contributed by atoms with van der Waals surface area (Å²) in [5.74, 6) is -2.40. The summed E-state index contributed by atoms with van der Waals surface area (Å²) in [6.45, 7) is 3.51. The van der Waals surface area contributed by atoms with Crippen molar-refractivity contribution in [1.82, 2.24) is 9.80 Å². The number of benzene rings is 3. The standard InChI is InChI=1S/C33H32Cl2F2N2O4/c1-33(16-38(17-33)30(20-5-3-2-4-6-20)21-9-22(34)11-23(35)10-21)18-43-29-14-27(37)26(13-25(29)19-7-8-19)31(40)39-15-24(36)12-28(39)32(41)42/h2-6,9-11,13-14,19,24,28,30H,7-8,12,15-18H2,1H3,(H,41,42)/t24-,28+,30?/m1/s1. The minimum Gasteiger partial charge on any atom is -0.493 e. The van der Waals surface area contributed by atoms with Gasteiger partial charge in [-0.1, -0.05) is 60.5 Å². The molecule has 3 fully saturated rings. The number of nitrogens with zero attached hydrogens (tertiary/aromatic N) is 2. The first-order valence-corrected chi connectivity index (χ1v) is 15.2. The predicted molar refractivity (Wildman–Crippen MR) is 160 cm³/mol.